The van der Waals surface area contributed by atoms with E-state index in [1.807, 2.05) is 12.3 Å². The van der Waals surface area contributed by atoms with Gasteiger partial charge in [-0.05, 0) is 6.92 Å². The molecule has 0 bridgehead atoms. The Kier molecular flexibility index (Phi) is 2.75. The number of carbonyl (C=O) groups excluding carboxylic acids is 1. The molecule has 0 radical (unpaired) electrons. The number of hydrogen-bond acceptors (Lipinski definition) is 5. The van der Waals surface area contributed by atoms with Gasteiger partial charge < -0.3 is 4.74 Å². The van der Waals surface area contributed by atoms with Gasteiger partial charge in [-0.1, -0.05) is 0 Å². The van der Waals surface area contributed by atoms with Crippen LogP contribution < -0.4 is 10.1 Å². The second kappa shape index (κ2) is 4.41. The summed E-state index contributed by atoms with van der Waals surface area (Å²) in [5.74, 6) is 0.319. The second-order valence-electron chi connectivity index (χ2n) is 4.04. The van der Waals surface area contributed by atoms with Crippen molar-refractivity contribution in [2.45, 2.75) is 19.9 Å². The summed E-state index contributed by atoms with van der Waals surface area (Å²) in [5.41, 5.74) is 1.35. The summed E-state index contributed by atoms with van der Waals surface area (Å²) >= 11 is 1.40. The van der Waals surface area contributed by atoms with E-state index in [1.165, 1.54) is 17.5 Å². The van der Waals surface area contributed by atoms with Gasteiger partial charge in [-0.25, -0.2) is 9.67 Å². The number of amides is 1. The normalized spacial score (nSPS) is 13.8. The first-order valence-electron chi connectivity index (χ1n) is 5.66. The maximum absolute atomic E-state index is 12.1. The third kappa shape index (κ3) is 1.97. The summed E-state index contributed by atoms with van der Waals surface area (Å²) in [6.45, 7) is 3.30. The highest BCUT2D eigenvalue weighted by atomic mass is 32.1. The first-order chi connectivity index (χ1) is 8.74. The van der Waals surface area contributed by atoms with Crippen LogP contribution in [0.5, 0.6) is 5.88 Å². The van der Waals surface area contributed by atoms with Crippen LogP contribution in [0, 0.1) is 6.92 Å². The van der Waals surface area contributed by atoms with Gasteiger partial charge in [-0.3, -0.25) is 10.1 Å². The molecule has 94 valence electrons. The zero-order chi connectivity index (χ0) is 12.5. The Bertz CT molecular complexity index is 590. The number of nitrogens with one attached hydrogen (secondary N) is 1. The molecule has 0 unspecified atom stereocenters. The summed E-state index contributed by atoms with van der Waals surface area (Å²) in [6, 6.07) is 0. The highest BCUT2D eigenvalue weighted by Gasteiger charge is 2.22. The standard InChI is InChI=1S/C11H12N4O2S/c1-7-6-18-11(13-7)14-9(16)8-5-12-15-3-2-4-17-10(8)15/h5-6H,2-4H2,1H3,(H,13,14,16). The van der Waals surface area contributed by atoms with Crippen LogP contribution in [0.1, 0.15) is 22.5 Å². The van der Waals surface area contributed by atoms with Crippen molar-refractivity contribution in [1.29, 1.82) is 0 Å². The summed E-state index contributed by atoms with van der Waals surface area (Å²) in [4.78, 5) is 16.3. The van der Waals surface area contributed by atoms with Crippen molar-refractivity contribution in [3.05, 3.63) is 22.8 Å². The SMILES string of the molecule is Cc1csc(NC(=O)c2cnn3c2OCCC3)n1. The monoisotopic (exact) mass is 264 g/mol. The van der Waals surface area contributed by atoms with E-state index in [0.29, 0.717) is 23.2 Å². The molecular formula is C11H12N4O2S. The Labute approximate surface area is 108 Å². The number of aryl methyl sites for hydroxylation is 2. The molecule has 0 atom stereocenters. The minimum atomic E-state index is -0.229. The van der Waals surface area contributed by atoms with Crippen molar-refractivity contribution in [1.82, 2.24) is 14.8 Å². The van der Waals surface area contributed by atoms with Crippen LogP contribution in [-0.2, 0) is 6.54 Å². The lowest BCUT2D eigenvalue weighted by molar-refractivity contribution is 0.102. The van der Waals surface area contributed by atoms with Gasteiger partial charge in [0.2, 0.25) is 5.88 Å². The van der Waals surface area contributed by atoms with Crippen molar-refractivity contribution in [2.75, 3.05) is 11.9 Å². The van der Waals surface area contributed by atoms with Gasteiger partial charge in [0, 0.05) is 18.3 Å². The molecule has 0 saturated carbocycles. The van der Waals surface area contributed by atoms with E-state index >= 15 is 0 Å². The number of thiazole rings is 1. The predicted molar refractivity (Wildman–Crippen MR) is 67.1 cm³/mol. The van der Waals surface area contributed by atoms with Gasteiger partial charge in [-0.2, -0.15) is 5.10 Å². The first-order valence-corrected chi connectivity index (χ1v) is 6.54. The largest absolute Gasteiger partial charge is 0.477 e. The van der Waals surface area contributed by atoms with Crippen molar-refractivity contribution in [3.63, 3.8) is 0 Å². The fourth-order valence-corrected chi connectivity index (χ4v) is 2.48. The molecule has 1 aliphatic rings. The average Bonchev–Trinajstić information content (AvgIpc) is 2.95. The van der Waals surface area contributed by atoms with Crippen molar-refractivity contribution < 1.29 is 9.53 Å². The van der Waals surface area contributed by atoms with Gasteiger partial charge in [0.15, 0.2) is 5.13 Å². The molecule has 0 fully saturated rings. The third-order valence-corrected chi connectivity index (χ3v) is 3.50. The molecule has 0 saturated heterocycles. The lowest BCUT2D eigenvalue weighted by Gasteiger charge is -2.15. The number of anilines is 1. The number of aromatic nitrogens is 3. The highest BCUT2D eigenvalue weighted by molar-refractivity contribution is 7.13. The van der Waals surface area contributed by atoms with Gasteiger partial charge in [0.05, 0.1) is 18.5 Å². The quantitative estimate of drug-likeness (QED) is 0.896. The maximum Gasteiger partial charge on any atom is 0.264 e. The smallest absolute Gasteiger partial charge is 0.264 e. The van der Waals surface area contributed by atoms with Crippen molar-refractivity contribution in [2.24, 2.45) is 0 Å². The molecule has 7 heteroatoms. The molecule has 3 heterocycles. The van der Waals surface area contributed by atoms with E-state index in [4.69, 9.17) is 4.74 Å². The predicted octanol–water partition coefficient (Wildman–Crippen LogP) is 1.68. The number of fused-ring (bicyclic) bond motifs is 1. The summed E-state index contributed by atoms with van der Waals surface area (Å²) in [6.07, 6.45) is 2.46. The van der Waals surface area contributed by atoms with E-state index in [0.717, 1.165) is 18.7 Å². The Hall–Kier alpha value is -1.89. The molecule has 2 aromatic heterocycles. The Morgan fingerprint density at radius 1 is 1.61 bits per heavy atom. The lowest BCUT2D eigenvalue weighted by Crippen LogP contribution is -2.18. The highest BCUT2D eigenvalue weighted by Crippen LogP contribution is 2.24. The van der Waals surface area contributed by atoms with Gasteiger partial charge in [-0.15, -0.1) is 11.3 Å². The first kappa shape index (κ1) is 11.2. The molecular weight excluding hydrogens is 252 g/mol. The van der Waals surface area contributed by atoms with Crippen LogP contribution in [0.25, 0.3) is 0 Å². The van der Waals surface area contributed by atoms with E-state index in [2.05, 4.69) is 15.4 Å². The molecule has 2 aromatic rings. The second-order valence-corrected chi connectivity index (χ2v) is 4.89. The molecule has 6 nitrogen and oxygen atoms in total. The molecule has 1 amide bonds. The minimum Gasteiger partial charge on any atom is -0.477 e. The summed E-state index contributed by atoms with van der Waals surface area (Å²) in [5, 5.41) is 9.37. The number of hydrogen-bond donors (Lipinski definition) is 1. The summed E-state index contributed by atoms with van der Waals surface area (Å²) in [7, 11) is 0. The van der Waals surface area contributed by atoms with Crippen LogP contribution in [0.2, 0.25) is 0 Å². The molecule has 0 spiro atoms. The Balaban J connectivity index is 1.82. The Morgan fingerprint density at radius 2 is 2.50 bits per heavy atom. The molecule has 18 heavy (non-hydrogen) atoms. The molecule has 0 aromatic carbocycles. The van der Waals surface area contributed by atoms with Crippen LogP contribution >= 0.6 is 11.3 Å². The third-order valence-electron chi connectivity index (χ3n) is 2.63. The topological polar surface area (TPSA) is 69.0 Å². The number of rotatable bonds is 2. The van der Waals surface area contributed by atoms with Gasteiger partial charge in [0.1, 0.15) is 5.56 Å². The van der Waals surface area contributed by atoms with E-state index in [9.17, 15) is 4.79 Å². The average molecular weight is 264 g/mol. The van der Waals surface area contributed by atoms with Crippen LogP contribution in [0.3, 0.4) is 0 Å². The zero-order valence-electron chi connectivity index (χ0n) is 9.84. The van der Waals surface area contributed by atoms with Gasteiger partial charge >= 0.3 is 0 Å². The molecule has 1 N–H and O–H groups in total. The fourth-order valence-electron chi connectivity index (χ4n) is 1.80. The Morgan fingerprint density at radius 3 is 3.28 bits per heavy atom. The van der Waals surface area contributed by atoms with Crippen LogP contribution in [-0.4, -0.2) is 27.3 Å². The van der Waals surface area contributed by atoms with E-state index in [-0.39, 0.29) is 5.91 Å². The van der Waals surface area contributed by atoms with E-state index in [1.54, 1.807) is 4.68 Å². The maximum atomic E-state index is 12.1. The van der Waals surface area contributed by atoms with Crippen molar-refractivity contribution in [3.8, 4) is 5.88 Å². The molecule has 0 aliphatic carbocycles. The summed E-state index contributed by atoms with van der Waals surface area (Å²) < 4.78 is 7.20. The minimum absolute atomic E-state index is 0.229. The van der Waals surface area contributed by atoms with Crippen LogP contribution in [0.15, 0.2) is 11.6 Å². The number of carbonyl (C=O) groups is 1. The molecule has 3 rings (SSSR count). The number of ether oxygens (including phenoxy) is 1. The van der Waals surface area contributed by atoms with Crippen LogP contribution in [0.4, 0.5) is 5.13 Å². The fraction of sp³-hybridized carbons (Fsp3) is 0.364. The zero-order valence-corrected chi connectivity index (χ0v) is 10.7. The van der Waals surface area contributed by atoms with Gasteiger partial charge in [0.25, 0.3) is 5.91 Å². The van der Waals surface area contributed by atoms with Crippen molar-refractivity contribution >= 4 is 22.4 Å². The lowest BCUT2D eigenvalue weighted by atomic mass is 10.3. The number of nitrogens with zero attached hydrogens (tertiary/aromatic N) is 3. The van der Waals surface area contributed by atoms with E-state index < -0.39 is 0 Å². The molecule has 1 aliphatic heterocycles.